The molecule has 0 N–H and O–H groups in total. The largest absolute Gasteiger partial charge is 0.299 e. The summed E-state index contributed by atoms with van der Waals surface area (Å²) in [5.41, 5.74) is 9.38. The lowest BCUT2D eigenvalue weighted by molar-refractivity contribution is -0.133. The molecule has 6 heterocycles. The van der Waals surface area contributed by atoms with Gasteiger partial charge in [0, 0.05) is 95.4 Å². The Labute approximate surface area is 815 Å². The molecule has 6 aliphatic rings. The molecule has 12 atom stereocenters. The van der Waals surface area contributed by atoms with E-state index in [-0.39, 0.29) is 110 Å². The summed E-state index contributed by atoms with van der Waals surface area (Å²) >= 11 is 18.2. The monoisotopic (exact) mass is 2010 g/mol. The minimum Gasteiger partial charge on any atom is -0.299 e. The van der Waals surface area contributed by atoms with Crippen molar-refractivity contribution < 1.29 is 69.3 Å². The molecule has 21 nitrogen and oxygen atoms in total. The van der Waals surface area contributed by atoms with E-state index in [9.17, 15) is 64.9 Å². The highest BCUT2D eigenvalue weighted by molar-refractivity contribution is 7.90. The zero-order valence-electron chi connectivity index (χ0n) is 75.6. The summed E-state index contributed by atoms with van der Waals surface area (Å²) < 4.78 is 197. The maximum Gasteiger partial charge on any atom is 0.243 e. The number of sulfonamides is 6. The Kier molecular flexibility index (Phi) is 28.3. The number of fused-ring (bicyclic) bond motifs is 4. The van der Waals surface area contributed by atoms with Crippen LogP contribution in [0.15, 0.2) is 345 Å². The summed E-state index contributed by atoms with van der Waals surface area (Å²) in [6.45, 7) is 10.9. The number of halogens is 4. The third kappa shape index (κ3) is 19.7. The zero-order valence-corrected chi connectivity index (χ0v) is 82.7. The molecule has 13 aromatic carbocycles. The number of hydrogen-bond donors (Lipinski definition) is 0. The molecular formula is C106H100Cl3FN6O15S6. The molecule has 6 fully saturated rings. The van der Waals surface area contributed by atoms with E-state index in [1.807, 2.05) is 187 Å². The third-order valence-electron chi connectivity index (χ3n) is 27.4. The van der Waals surface area contributed by atoms with Crippen molar-refractivity contribution in [2.45, 2.75) is 164 Å². The predicted octanol–water partition coefficient (Wildman–Crippen LogP) is 20.7. The van der Waals surface area contributed by atoms with Crippen LogP contribution >= 0.6 is 34.8 Å². The van der Waals surface area contributed by atoms with Crippen molar-refractivity contribution in [3.05, 3.63) is 403 Å². The van der Waals surface area contributed by atoms with E-state index in [2.05, 4.69) is 0 Å². The van der Waals surface area contributed by atoms with Gasteiger partial charge in [0.15, 0.2) is 0 Å². The molecule has 0 spiro atoms. The average molecular weight is 2020 g/mol. The van der Waals surface area contributed by atoms with Crippen molar-refractivity contribution in [3.8, 4) is 0 Å². The number of ketones is 3. The van der Waals surface area contributed by atoms with E-state index in [1.165, 1.54) is 129 Å². The van der Waals surface area contributed by atoms with Crippen molar-refractivity contribution in [3.63, 3.8) is 0 Å². The van der Waals surface area contributed by atoms with Crippen molar-refractivity contribution in [2.24, 2.45) is 17.8 Å². The van der Waals surface area contributed by atoms with Crippen molar-refractivity contribution in [2.75, 3.05) is 19.6 Å². The maximum atomic E-state index is 15.3. The van der Waals surface area contributed by atoms with Crippen LogP contribution in [0.4, 0.5) is 4.39 Å². The standard InChI is InChI=1S/C38H35ClN2O5S2.C34H32ClFN2O5S2.C34H33ClN2O5S2/c1-25-10-14-28(15-11-25)35-22-36-34(24-40(35)47(43,44)30-20-16-29(39)17-21-30)38(42)23-37(33-9-5-7-27-6-3-4-8-32(27)33)41(36)48(45,46)31-18-12-26(2)13-19-31;1-22-7-11-24(12-8-22)31-19-32-29(21-37(31)44(40,41)26-17-13-25(35)14-18-26)34(39)20-33(28-5-3-4-6-30(28)36)38(32)45(42,43)27-15-9-23(2)10-16-27;1-23-8-12-26(13-9-23)31-20-33-30(22-36(31)43(39,40)28-18-14-27(35)15-19-28)34(38)21-32(25-6-4-3-5-7-25)37(33)44(41,42)29-16-10-24(2)11-17-29/h3-21,34-37H,22-24H2,1-2H3;3-18,29,31-33H,19-21H2,1-2H3;3-19,30-33H,20-22H2,1-2H3/t34-,35+,36+,37+;29-,31+,32+,33+;30-,31+,32+,33+/m111/s1. The highest BCUT2D eigenvalue weighted by Crippen LogP contribution is 2.54. The van der Waals surface area contributed by atoms with Gasteiger partial charge in [-0.2, -0.15) is 25.8 Å². The van der Waals surface area contributed by atoms with Gasteiger partial charge in [0.25, 0.3) is 0 Å². The summed E-state index contributed by atoms with van der Waals surface area (Å²) in [7, 11) is -24.9. The van der Waals surface area contributed by atoms with E-state index in [0.29, 0.717) is 20.6 Å². The summed E-state index contributed by atoms with van der Waals surface area (Å²) in [5, 5.41) is 3.00. The van der Waals surface area contributed by atoms with Crippen LogP contribution in [0.3, 0.4) is 0 Å². The molecule has 137 heavy (non-hydrogen) atoms. The Balaban J connectivity index is 0.000000143. The van der Waals surface area contributed by atoms with Gasteiger partial charge in [-0.05, 0) is 215 Å². The molecule has 6 aliphatic heterocycles. The Morgan fingerprint density at radius 3 is 0.839 bits per heavy atom. The molecule has 0 unspecified atom stereocenters. The topological polar surface area (TPSA) is 275 Å². The van der Waals surface area contributed by atoms with Gasteiger partial charge in [0.2, 0.25) is 60.1 Å². The van der Waals surface area contributed by atoms with Gasteiger partial charge in [-0.3, -0.25) is 14.4 Å². The number of aryl methyl sites for hydroxylation is 6. The fraction of sp³-hybridized carbons (Fsp3) is 0.255. The number of carbonyl (C=O) groups is 3. The van der Waals surface area contributed by atoms with Gasteiger partial charge in [0.05, 0.1) is 65.6 Å². The number of Topliss-reactive ketones (excluding diaryl/α,β-unsaturated/α-hetero) is 3. The van der Waals surface area contributed by atoms with Crippen LogP contribution < -0.4 is 0 Å². The second kappa shape index (κ2) is 39.6. The molecule has 0 aliphatic carbocycles. The van der Waals surface area contributed by atoms with Gasteiger partial charge < -0.3 is 0 Å². The lowest BCUT2D eigenvalue weighted by atomic mass is 9.77. The van der Waals surface area contributed by atoms with Gasteiger partial charge in [-0.15, -0.1) is 0 Å². The molecule has 6 saturated heterocycles. The first kappa shape index (κ1) is 98.0. The molecular weight excluding hydrogens is 1910 g/mol. The molecule has 0 aromatic heterocycles. The van der Waals surface area contributed by atoms with E-state index < -0.39 is 138 Å². The molecule has 0 saturated carbocycles. The highest BCUT2D eigenvalue weighted by Gasteiger charge is 2.59. The van der Waals surface area contributed by atoms with Gasteiger partial charge in [0.1, 0.15) is 23.2 Å². The first-order valence-electron chi connectivity index (χ1n) is 45.0. The van der Waals surface area contributed by atoms with Gasteiger partial charge in [-0.1, -0.05) is 268 Å². The Bertz CT molecular complexity index is 7460. The van der Waals surface area contributed by atoms with Crippen molar-refractivity contribution in [1.29, 1.82) is 0 Å². The van der Waals surface area contributed by atoms with Crippen LogP contribution in [0.25, 0.3) is 10.8 Å². The summed E-state index contributed by atoms with van der Waals surface area (Å²) in [6, 6.07) is 81.3. The second-order valence-electron chi connectivity index (χ2n) is 36.1. The van der Waals surface area contributed by atoms with Crippen LogP contribution in [0.1, 0.15) is 142 Å². The smallest absolute Gasteiger partial charge is 0.243 e. The first-order valence-corrected chi connectivity index (χ1v) is 54.7. The quantitative estimate of drug-likeness (QED) is 0.0772. The molecule has 0 radical (unpaired) electrons. The Morgan fingerprint density at radius 1 is 0.255 bits per heavy atom. The van der Waals surface area contributed by atoms with E-state index in [1.54, 1.807) is 66.7 Å². The van der Waals surface area contributed by atoms with E-state index in [4.69, 9.17) is 34.8 Å². The highest BCUT2D eigenvalue weighted by atomic mass is 35.5. The van der Waals surface area contributed by atoms with Crippen LogP contribution in [0.2, 0.25) is 15.1 Å². The third-order valence-corrected chi connectivity index (χ3v) is 39.6. The second-order valence-corrected chi connectivity index (χ2v) is 48.6. The molecule has 0 bridgehead atoms. The normalized spacial score (nSPS) is 22.9. The van der Waals surface area contributed by atoms with E-state index >= 15 is 4.39 Å². The zero-order chi connectivity index (χ0) is 97.1. The van der Waals surface area contributed by atoms with Gasteiger partial charge in [-0.25, -0.2) is 54.9 Å². The van der Waals surface area contributed by atoms with Gasteiger partial charge >= 0.3 is 0 Å². The number of piperidine rings is 6. The minimum absolute atomic E-state index is 0.0116. The average Bonchev–Trinajstić information content (AvgIpc) is 0.727. The lowest BCUT2D eigenvalue weighted by Gasteiger charge is -2.51. The summed E-state index contributed by atoms with van der Waals surface area (Å²) in [6.07, 6.45) is -0.233. The summed E-state index contributed by atoms with van der Waals surface area (Å²) in [4.78, 5) is 42.6. The molecule has 19 rings (SSSR count). The SMILES string of the molecule is Cc1ccc([C@@H]2C[C@H]3[C@@H](CN2S(=O)(=O)c2ccc(Cl)cc2)C(=O)C[C@@H](c2cccc4ccccc24)N3S(=O)(=O)c2ccc(C)cc2)cc1.Cc1ccc([C@@H]2C[C@H]3[C@@H](CN2S(=O)(=O)c2ccc(Cl)cc2)C(=O)C[C@@H](c2ccccc2)N3S(=O)(=O)c2ccc(C)cc2)cc1.Cc1ccc([C@@H]2C[C@H]3[C@@H](CN2S(=O)(=O)c2ccc(Cl)cc2)C(=O)C[C@@H](c2ccccc2F)N3S(=O)(=O)c2ccc(C)cc2)cc1. The molecule has 708 valence electrons. The fourth-order valence-electron chi connectivity index (χ4n) is 20.2. The number of carbonyl (C=O) groups excluding carboxylic acids is 3. The number of benzene rings is 13. The van der Waals surface area contributed by atoms with Crippen LogP contribution in [0, 0.1) is 65.1 Å². The number of rotatable bonds is 18. The van der Waals surface area contributed by atoms with Crippen LogP contribution in [0.5, 0.6) is 0 Å². The van der Waals surface area contributed by atoms with E-state index in [0.717, 1.165) is 66.4 Å². The van der Waals surface area contributed by atoms with Crippen molar-refractivity contribution >= 4 is 123 Å². The Hall–Kier alpha value is -10.6. The van der Waals surface area contributed by atoms with Crippen LogP contribution in [-0.4, -0.2) is 131 Å². The number of nitrogens with zero attached hydrogens (tertiary/aromatic N) is 6. The molecule has 13 aromatic rings. The van der Waals surface area contributed by atoms with Crippen molar-refractivity contribution in [1.82, 2.24) is 25.8 Å². The number of hydrogen-bond acceptors (Lipinski definition) is 15. The maximum absolute atomic E-state index is 15.3. The molecule has 31 heteroatoms. The summed E-state index contributed by atoms with van der Waals surface area (Å²) in [5.74, 6) is -3.95. The first-order chi connectivity index (χ1) is 65.3. The Morgan fingerprint density at radius 2 is 0.504 bits per heavy atom. The minimum atomic E-state index is -4.28. The lowest BCUT2D eigenvalue weighted by Crippen LogP contribution is -2.61. The van der Waals surface area contributed by atoms with Crippen LogP contribution in [-0.2, 0) is 74.5 Å². The predicted molar refractivity (Wildman–Crippen MR) is 528 cm³/mol. The molecule has 0 amide bonds. The fourth-order valence-corrected chi connectivity index (χ4v) is 31.0.